The second-order valence-electron chi connectivity index (χ2n) is 3.38. The first-order valence-electron chi connectivity index (χ1n) is 4.71. The quantitative estimate of drug-likeness (QED) is 0.500. The van der Waals surface area contributed by atoms with Crippen molar-refractivity contribution in [1.82, 2.24) is 0 Å². The van der Waals surface area contributed by atoms with E-state index in [4.69, 9.17) is 17.0 Å². The molecule has 0 aliphatic carbocycles. The molecule has 86 valence electrons. The van der Waals surface area contributed by atoms with E-state index in [1.54, 1.807) is 12.1 Å². The molecule has 0 atom stereocenters. The highest BCUT2D eigenvalue weighted by molar-refractivity contribution is 7.80. The van der Waals surface area contributed by atoms with Crippen LogP contribution < -0.4 is 5.32 Å². The molecule has 1 aromatic carbocycles. The highest BCUT2D eigenvalue weighted by Crippen LogP contribution is 2.15. The van der Waals surface area contributed by atoms with Crippen LogP contribution in [0, 0.1) is 10.1 Å². The molecule has 0 spiro atoms. The van der Waals surface area contributed by atoms with Crippen LogP contribution in [-0.2, 0) is 4.74 Å². The molecule has 0 saturated heterocycles. The molecule has 0 radical (unpaired) electrons. The molecule has 16 heavy (non-hydrogen) atoms. The van der Waals surface area contributed by atoms with Gasteiger partial charge in [-0.25, -0.2) is 0 Å². The molecule has 1 aromatic rings. The summed E-state index contributed by atoms with van der Waals surface area (Å²) in [7, 11) is 0. The summed E-state index contributed by atoms with van der Waals surface area (Å²) in [5.41, 5.74) is 0.706. The zero-order valence-electron chi connectivity index (χ0n) is 8.97. The van der Waals surface area contributed by atoms with Gasteiger partial charge in [0.25, 0.3) is 10.9 Å². The van der Waals surface area contributed by atoms with E-state index in [9.17, 15) is 10.1 Å². The van der Waals surface area contributed by atoms with Crippen LogP contribution in [0.5, 0.6) is 0 Å². The Kier molecular flexibility index (Phi) is 4.19. The number of rotatable bonds is 3. The molecule has 0 amide bonds. The molecule has 0 unspecified atom stereocenters. The summed E-state index contributed by atoms with van der Waals surface area (Å²) in [5, 5.41) is 13.5. The van der Waals surface area contributed by atoms with Crippen LogP contribution in [0.3, 0.4) is 0 Å². The molecular weight excluding hydrogens is 228 g/mol. The van der Waals surface area contributed by atoms with E-state index >= 15 is 0 Å². The average molecular weight is 240 g/mol. The molecule has 1 N–H and O–H groups in total. The molecule has 0 fully saturated rings. The Bertz CT molecular complexity index is 390. The van der Waals surface area contributed by atoms with E-state index in [0.29, 0.717) is 5.69 Å². The van der Waals surface area contributed by atoms with Crippen LogP contribution >= 0.6 is 12.2 Å². The maximum absolute atomic E-state index is 10.4. The van der Waals surface area contributed by atoms with E-state index in [1.165, 1.54) is 12.1 Å². The van der Waals surface area contributed by atoms with Gasteiger partial charge in [-0.3, -0.25) is 10.1 Å². The van der Waals surface area contributed by atoms with Crippen molar-refractivity contribution in [3.8, 4) is 0 Å². The van der Waals surface area contributed by atoms with Crippen molar-refractivity contribution < 1.29 is 9.66 Å². The molecule has 6 heteroatoms. The maximum atomic E-state index is 10.4. The third-order valence-electron chi connectivity index (χ3n) is 1.67. The van der Waals surface area contributed by atoms with Gasteiger partial charge in [0.05, 0.1) is 11.0 Å². The number of benzene rings is 1. The third-order valence-corrected chi connectivity index (χ3v) is 1.87. The van der Waals surface area contributed by atoms with E-state index in [1.807, 2.05) is 13.8 Å². The number of nitrogens with one attached hydrogen (secondary N) is 1. The maximum Gasteiger partial charge on any atom is 0.269 e. The normalized spacial score (nSPS) is 9.94. The summed E-state index contributed by atoms with van der Waals surface area (Å²) >= 11 is 4.93. The van der Waals surface area contributed by atoms with Crippen molar-refractivity contribution in [3.05, 3.63) is 34.4 Å². The van der Waals surface area contributed by atoms with Gasteiger partial charge in [0, 0.05) is 17.8 Å². The van der Waals surface area contributed by atoms with Crippen molar-refractivity contribution in [2.45, 2.75) is 20.0 Å². The van der Waals surface area contributed by atoms with Gasteiger partial charge in [0.15, 0.2) is 0 Å². The highest BCUT2D eigenvalue weighted by Gasteiger charge is 2.05. The molecule has 0 saturated carbocycles. The summed E-state index contributed by atoms with van der Waals surface area (Å²) in [6, 6.07) is 5.96. The molecule has 1 rings (SSSR count). The summed E-state index contributed by atoms with van der Waals surface area (Å²) in [4.78, 5) is 9.96. The zero-order chi connectivity index (χ0) is 12.1. The van der Waals surface area contributed by atoms with Crippen LogP contribution in [-0.4, -0.2) is 16.2 Å². The minimum absolute atomic E-state index is 0.00181. The summed E-state index contributed by atoms with van der Waals surface area (Å²) in [6.07, 6.45) is -0.00181. The predicted molar refractivity (Wildman–Crippen MR) is 65.5 cm³/mol. The number of nitro benzene ring substituents is 1. The summed E-state index contributed by atoms with van der Waals surface area (Å²) < 4.78 is 5.22. The number of nitro groups is 1. The Hall–Kier alpha value is -1.69. The van der Waals surface area contributed by atoms with Gasteiger partial charge in [-0.2, -0.15) is 0 Å². The van der Waals surface area contributed by atoms with Gasteiger partial charge in [-0.05, 0) is 38.2 Å². The average Bonchev–Trinajstić information content (AvgIpc) is 2.16. The van der Waals surface area contributed by atoms with Crippen molar-refractivity contribution in [1.29, 1.82) is 0 Å². The Morgan fingerprint density at radius 1 is 1.44 bits per heavy atom. The number of ether oxygens (including phenoxy) is 1. The number of anilines is 1. The molecule has 0 bridgehead atoms. The number of non-ortho nitro benzene ring substituents is 1. The fourth-order valence-electron chi connectivity index (χ4n) is 1.03. The predicted octanol–water partition coefficient (Wildman–Crippen LogP) is 2.72. The largest absolute Gasteiger partial charge is 0.468 e. The molecule has 0 aliphatic heterocycles. The van der Waals surface area contributed by atoms with Crippen molar-refractivity contribution in [2.24, 2.45) is 0 Å². The van der Waals surface area contributed by atoms with Gasteiger partial charge in [0.1, 0.15) is 0 Å². The minimum atomic E-state index is -0.452. The zero-order valence-corrected chi connectivity index (χ0v) is 9.78. The fraction of sp³-hybridized carbons (Fsp3) is 0.300. The van der Waals surface area contributed by atoms with E-state index in [2.05, 4.69) is 5.32 Å². The van der Waals surface area contributed by atoms with Gasteiger partial charge >= 0.3 is 0 Å². The standard InChI is InChI=1S/C10H12N2O3S/c1-7(2)15-10(16)11-8-3-5-9(6-4-8)12(13)14/h3-7H,1-2H3,(H,11,16). The van der Waals surface area contributed by atoms with Crippen LogP contribution in [0.1, 0.15) is 13.8 Å². The monoisotopic (exact) mass is 240 g/mol. The van der Waals surface area contributed by atoms with Crippen molar-refractivity contribution in [2.75, 3.05) is 5.32 Å². The van der Waals surface area contributed by atoms with Crippen molar-refractivity contribution >= 4 is 28.8 Å². The van der Waals surface area contributed by atoms with E-state index in [-0.39, 0.29) is 17.0 Å². The van der Waals surface area contributed by atoms with Gasteiger partial charge < -0.3 is 10.1 Å². The SMILES string of the molecule is CC(C)OC(=S)Nc1ccc([N+](=O)[O-])cc1. The Morgan fingerprint density at radius 3 is 2.44 bits per heavy atom. The van der Waals surface area contributed by atoms with Crippen molar-refractivity contribution in [3.63, 3.8) is 0 Å². The van der Waals surface area contributed by atoms with Gasteiger partial charge in [-0.1, -0.05) is 0 Å². The number of hydrogen-bond acceptors (Lipinski definition) is 4. The summed E-state index contributed by atoms with van der Waals surface area (Å²) in [6.45, 7) is 3.73. The Labute approximate surface area is 98.6 Å². The Morgan fingerprint density at radius 2 is 2.00 bits per heavy atom. The smallest absolute Gasteiger partial charge is 0.269 e. The van der Waals surface area contributed by atoms with Crippen LogP contribution in [0.4, 0.5) is 11.4 Å². The highest BCUT2D eigenvalue weighted by atomic mass is 32.1. The first kappa shape index (κ1) is 12.4. The number of thiocarbonyl (C=S) groups is 1. The second kappa shape index (κ2) is 5.41. The lowest BCUT2D eigenvalue weighted by Gasteiger charge is -2.11. The lowest BCUT2D eigenvalue weighted by Crippen LogP contribution is -2.17. The van der Waals surface area contributed by atoms with Crippen LogP contribution in [0.15, 0.2) is 24.3 Å². The lowest BCUT2D eigenvalue weighted by atomic mass is 10.3. The number of hydrogen-bond donors (Lipinski definition) is 1. The topological polar surface area (TPSA) is 64.4 Å². The minimum Gasteiger partial charge on any atom is -0.468 e. The molecular formula is C10H12N2O3S. The first-order valence-corrected chi connectivity index (χ1v) is 5.12. The van der Waals surface area contributed by atoms with Gasteiger partial charge in [0.2, 0.25) is 0 Å². The van der Waals surface area contributed by atoms with Crippen LogP contribution in [0.2, 0.25) is 0 Å². The first-order chi connectivity index (χ1) is 7.49. The van der Waals surface area contributed by atoms with Gasteiger partial charge in [-0.15, -0.1) is 0 Å². The van der Waals surface area contributed by atoms with Crippen LogP contribution in [0.25, 0.3) is 0 Å². The van der Waals surface area contributed by atoms with E-state index in [0.717, 1.165) is 0 Å². The molecule has 5 nitrogen and oxygen atoms in total. The third kappa shape index (κ3) is 3.82. The second-order valence-corrected chi connectivity index (χ2v) is 3.75. The Balaban J connectivity index is 2.62. The van der Waals surface area contributed by atoms with E-state index < -0.39 is 4.92 Å². The molecule has 0 aromatic heterocycles. The summed E-state index contributed by atoms with van der Waals surface area (Å²) in [5.74, 6) is 0. The molecule has 0 heterocycles. The lowest BCUT2D eigenvalue weighted by molar-refractivity contribution is -0.384. The number of nitrogens with zero attached hydrogens (tertiary/aromatic N) is 1. The fourth-order valence-corrected chi connectivity index (χ4v) is 1.34. The molecule has 0 aliphatic rings.